The smallest absolute Gasteiger partial charge is 0.268 e. The molecule has 0 saturated carbocycles. The molecule has 0 fully saturated rings. The van der Waals surface area contributed by atoms with Crippen molar-refractivity contribution in [3.8, 4) is 11.5 Å². The number of carbonyl (C=O) groups excluding carboxylic acids is 1. The van der Waals surface area contributed by atoms with Gasteiger partial charge in [0.05, 0.1) is 19.3 Å². The average molecular weight is 456 g/mol. The normalized spacial score (nSPS) is 15.4. The number of fused-ring (bicyclic) bond motifs is 1. The molecule has 166 valence electrons. The molecule has 1 N–H and O–H groups in total. The lowest BCUT2D eigenvalue weighted by Crippen LogP contribution is -2.50. The lowest BCUT2D eigenvalue weighted by molar-refractivity contribution is -0.127. The summed E-state index contributed by atoms with van der Waals surface area (Å²) in [5.74, 6) is -0.948. The Bertz CT molecular complexity index is 1230. The van der Waals surface area contributed by atoms with E-state index in [9.17, 15) is 17.6 Å². The van der Waals surface area contributed by atoms with E-state index in [1.807, 2.05) is 30.3 Å². The third-order valence-electron chi connectivity index (χ3n) is 5.03. The van der Waals surface area contributed by atoms with Crippen molar-refractivity contribution in [3.63, 3.8) is 0 Å². The number of rotatable bonds is 6. The molecule has 0 unspecified atom stereocenters. The van der Waals surface area contributed by atoms with Crippen molar-refractivity contribution < 1.29 is 27.1 Å². The van der Waals surface area contributed by atoms with Gasteiger partial charge in [-0.2, -0.15) is 0 Å². The fourth-order valence-electron chi connectivity index (χ4n) is 3.44. The van der Waals surface area contributed by atoms with Gasteiger partial charge in [-0.3, -0.25) is 9.10 Å². The summed E-state index contributed by atoms with van der Waals surface area (Å²) in [6, 6.07) is 19.1. The van der Waals surface area contributed by atoms with Gasteiger partial charge in [0, 0.05) is 6.54 Å². The SMILES string of the molecule is COc1ccc(F)cc1S(=O)(=O)N1C[C@H](C(=O)NCc2ccccc2)Oc2ccccc21. The van der Waals surface area contributed by atoms with Gasteiger partial charge in [-0.1, -0.05) is 42.5 Å². The number of anilines is 1. The van der Waals surface area contributed by atoms with Gasteiger partial charge >= 0.3 is 0 Å². The van der Waals surface area contributed by atoms with E-state index in [4.69, 9.17) is 9.47 Å². The Labute approximate surface area is 185 Å². The Morgan fingerprint density at radius 2 is 1.84 bits per heavy atom. The summed E-state index contributed by atoms with van der Waals surface area (Å²) in [5, 5.41) is 2.77. The third kappa shape index (κ3) is 4.24. The van der Waals surface area contributed by atoms with E-state index < -0.39 is 27.9 Å². The minimum atomic E-state index is -4.27. The minimum absolute atomic E-state index is 0.000419. The second kappa shape index (κ2) is 8.88. The summed E-state index contributed by atoms with van der Waals surface area (Å²) < 4.78 is 53.0. The summed E-state index contributed by atoms with van der Waals surface area (Å²) in [7, 11) is -2.96. The van der Waals surface area contributed by atoms with Gasteiger partial charge < -0.3 is 14.8 Å². The predicted octanol–water partition coefficient (Wildman–Crippen LogP) is 3.11. The largest absolute Gasteiger partial charge is 0.495 e. The molecular weight excluding hydrogens is 435 g/mol. The molecule has 1 heterocycles. The Kier molecular flexibility index (Phi) is 6.00. The molecule has 32 heavy (non-hydrogen) atoms. The van der Waals surface area contributed by atoms with E-state index >= 15 is 0 Å². The van der Waals surface area contributed by atoms with E-state index in [1.54, 1.807) is 24.3 Å². The lowest BCUT2D eigenvalue weighted by atomic mass is 10.2. The number of halogens is 1. The third-order valence-corrected chi connectivity index (χ3v) is 6.83. The zero-order chi connectivity index (χ0) is 22.7. The zero-order valence-corrected chi connectivity index (χ0v) is 18.0. The lowest BCUT2D eigenvalue weighted by Gasteiger charge is -2.35. The van der Waals surface area contributed by atoms with Crippen molar-refractivity contribution in [1.82, 2.24) is 5.32 Å². The number of amides is 1. The topological polar surface area (TPSA) is 84.9 Å². The first-order chi connectivity index (χ1) is 15.4. The van der Waals surface area contributed by atoms with Crippen LogP contribution in [0.5, 0.6) is 11.5 Å². The van der Waals surface area contributed by atoms with Gasteiger partial charge in [-0.25, -0.2) is 12.8 Å². The molecule has 0 bridgehead atoms. The number of nitrogens with zero attached hydrogens (tertiary/aromatic N) is 1. The van der Waals surface area contributed by atoms with Crippen LogP contribution in [0.15, 0.2) is 77.7 Å². The maximum Gasteiger partial charge on any atom is 0.268 e. The van der Waals surface area contributed by atoms with Crippen molar-refractivity contribution in [3.05, 3.63) is 84.2 Å². The molecule has 4 rings (SSSR count). The molecule has 1 atom stereocenters. The maximum atomic E-state index is 13.9. The number of sulfonamides is 1. The van der Waals surface area contributed by atoms with Crippen LogP contribution in [0, 0.1) is 5.82 Å². The van der Waals surface area contributed by atoms with Crippen LogP contribution < -0.4 is 19.1 Å². The number of methoxy groups -OCH3 is 1. The highest BCUT2D eigenvalue weighted by Crippen LogP contribution is 2.38. The second-order valence-electron chi connectivity index (χ2n) is 7.11. The molecule has 0 aliphatic carbocycles. The van der Waals surface area contributed by atoms with Crippen LogP contribution in [-0.4, -0.2) is 34.1 Å². The molecule has 1 amide bonds. The number of nitrogens with one attached hydrogen (secondary N) is 1. The van der Waals surface area contributed by atoms with Crippen LogP contribution >= 0.6 is 0 Å². The summed E-state index contributed by atoms with van der Waals surface area (Å²) in [4.78, 5) is 12.5. The number of ether oxygens (including phenoxy) is 2. The van der Waals surface area contributed by atoms with Crippen molar-refractivity contribution in [2.75, 3.05) is 18.0 Å². The molecule has 3 aromatic carbocycles. The van der Waals surface area contributed by atoms with Crippen LogP contribution in [0.1, 0.15) is 5.56 Å². The molecule has 3 aromatic rings. The first-order valence-electron chi connectivity index (χ1n) is 9.84. The molecule has 0 spiro atoms. The standard InChI is InChI=1S/C23H21FN2O5S/c1-30-20-12-11-17(24)13-22(20)32(28,29)26-15-21(31-19-10-6-5-9-18(19)26)23(27)25-14-16-7-3-2-4-8-16/h2-13,21H,14-15H2,1H3,(H,25,27)/t21-/m1/s1. The highest BCUT2D eigenvalue weighted by atomic mass is 32.2. The van der Waals surface area contributed by atoms with Crippen molar-refractivity contribution in [1.29, 1.82) is 0 Å². The number of benzene rings is 3. The summed E-state index contributed by atoms with van der Waals surface area (Å²) in [5.41, 5.74) is 1.15. The quantitative estimate of drug-likeness (QED) is 0.616. The fourth-order valence-corrected chi connectivity index (χ4v) is 5.08. The molecule has 0 aromatic heterocycles. The number of hydrogen-bond donors (Lipinski definition) is 1. The van der Waals surface area contributed by atoms with Gasteiger partial charge in [-0.05, 0) is 35.9 Å². The van der Waals surface area contributed by atoms with Gasteiger partial charge in [0.1, 0.15) is 22.2 Å². The number of hydrogen-bond acceptors (Lipinski definition) is 5. The average Bonchev–Trinajstić information content (AvgIpc) is 2.82. The summed E-state index contributed by atoms with van der Waals surface area (Å²) >= 11 is 0. The van der Waals surface area contributed by atoms with E-state index in [0.717, 1.165) is 22.0 Å². The molecule has 7 nitrogen and oxygen atoms in total. The fraction of sp³-hybridized carbons (Fsp3) is 0.174. The van der Waals surface area contributed by atoms with Crippen LogP contribution in [0.4, 0.5) is 10.1 Å². The highest BCUT2D eigenvalue weighted by Gasteiger charge is 2.38. The van der Waals surface area contributed by atoms with E-state index in [0.29, 0.717) is 0 Å². The van der Waals surface area contributed by atoms with E-state index in [-0.39, 0.29) is 35.2 Å². The molecular formula is C23H21FN2O5S. The summed E-state index contributed by atoms with van der Waals surface area (Å²) in [6.07, 6.45) is -1.09. The van der Waals surface area contributed by atoms with Gasteiger partial charge in [0.25, 0.3) is 15.9 Å². The van der Waals surface area contributed by atoms with Crippen LogP contribution in [0.2, 0.25) is 0 Å². The number of carbonyl (C=O) groups is 1. The van der Waals surface area contributed by atoms with Crippen molar-refractivity contribution in [2.45, 2.75) is 17.5 Å². The van der Waals surface area contributed by atoms with E-state index in [1.165, 1.54) is 13.2 Å². The molecule has 0 saturated heterocycles. The van der Waals surface area contributed by atoms with Gasteiger partial charge in [0.15, 0.2) is 6.10 Å². The van der Waals surface area contributed by atoms with E-state index in [2.05, 4.69) is 5.32 Å². The summed E-state index contributed by atoms with van der Waals surface area (Å²) in [6.45, 7) is -0.00864. The molecule has 9 heteroatoms. The van der Waals surface area contributed by atoms with Gasteiger partial charge in [0.2, 0.25) is 0 Å². The van der Waals surface area contributed by atoms with Gasteiger partial charge in [-0.15, -0.1) is 0 Å². The predicted molar refractivity (Wildman–Crippen MR) is 117 cm³/mol. The van der Waals surface area contributed by atoms with Crippen LogP contribution in [0.25, 0.3) is 0 Å². The minimum Gasteiger partial charge on any atom is -0.495 e. The first-order valence-corrected chi connectivity index (χ1v) is 11.3. The second-order valence-corrected chi connectivity index (χ2v) is 8.94. The molecule has 1 aliphatic rings. The maximum absolute atomic E-state index is 13.9. The van der Waals surface area contributed by atoms with Crippen molar-refractivity contribution >= 4 is 21.6 Å². The Hall–Kier alpha value is -3.59. The molecule has 0 radical (unpaired) electrons. The molecule has 1 aliphatic heterocycles. The first kappa shape index (κ1) is 21.6. The van der Waals surface area contributed by atoms with Crippen LogP contribution in [-0.2, 0) is 21.4 Å². The van der Waals surface area contributed by atoms with Crippen molar-refractivity contribution in [2.24, 2.45) is 0 Å². The van der Waals surface area contributed by atoms with Crippen LogP contribution in [0.3, 0.4) is 0 Å². The monoisotopic (exact) mass is 456 g/mol. The zero-order valence-electron chi connectivity index (χ0n) is 17.2. The Morgan fingerprint density at radius 3 is 2.59 bits per heavy atom. The Morgan fingerprint density at radius 1 is 1.12 bits per heavy atom. The number of para-hydroxylation sites is 2. The highest BCUT2D eigenvalue weighted by molar-refractivity contribution is 7.93. The Balaban J connectivity index is 1.66.